The van der Waals surface area contributed by atoms with E-state index in [1.165, 1.54) is 18.4 Å². The van der Waals surface area contributed by atoms with Crippen molar-refractivity contribution in [3.8, 4) is 16.2 Å². The van der Waals surface area contributed by atoms with Crippen LogP contribution in [0.3, 0.4) is 0 Å². The summed E-state index contributed by atoms with van der Waals surface area (Å²) in [7, 11) is 1.33. The Bertz CT molecular complexity index is 699. The highest BCUT2D eigenvalue weighted by atomic mass is 32.1. The average molecular weight is 318 g/mol. The van der Waals surface area contributed by atoms with E-state index in [-0.39, 0.29) is 6.61 Å². The fourth-order valence-electron chi connectivity index (χ4n) is 1.89. The molecule has 1 aromatic carbocycles. The lowest BCUT2D eigenvalue weighted by atomic mass is 10.2. The number of carbonyl (C=O) groups excluding carboxylic acids is 1. The van der Waals surface area contributed by atoms with Crippen molar-refractivity contribution < 1.29 is 14.3 Å². The zero-order chi connectivity index (χ0) is 15.4. The van der Waals surface area contributed by atoms with Crippen LogP contribution in [0.1, 0.15) is 4.88 Å². The number of hydrogen-bond donors (Lipinski definition) is 3. The van der Waals surface area contributed by atoms with E-state index >= 15 is 0 Å². The van der Waals surface area contributed by atoms with Gasteiger partial charge < -0.3 is 9.47 Å². The first kappa shape index (κ1) is 14.4. The number of nitrogens with zero attached hydrogens (tertiary/aromatic N) is 1. The van der Waals surface area contributed by atoms with E-state index in [1.54, 1.807) is 0 Å². The molecule has 0 radical (unpaired) electrons. The molecule has 0 aliphatic carbocycles. The van der Waals surface area contributed by atoms with Crippen LogP contribution in [0.15, 0.2) is 41.5 Å². The highest BCUT2D eigenvalue weighted by molar-refractivity contribution is 7.17. The van der Waals surface area contributed by atoms with E-state index in [2.05, 4.69) is 26.3 Å². The van der Waals surface area contributed by atoms with Gasteiger partial charge in [0.15, 0.2) is 12.4 Å². The lowest BCUT2D eigenvalue weighted by Gasteiger charge is -2.05. The molecule has 8 heteroatoms. The Balaban J connectivity index is 1.92. The molecule has 0 saturated heterocycles. The number of thiophene rings is 1. The quantitative estimate of drug-likeness (QED) is 0.720. The fourth-order valence-corrected chi connectivity index (χ4v) is 2.94. The fraction of sp³-hybridized carbons (Fsp3) is 0.143. The van der Waals surface area contributed by atoms with Crippen LogP contribution in [0.4, 0.5) is 0 Å². The second kappa shape index (κ2) is 6.46. The molecule has 2 aromatic rings. The first-order chi connectivity index (χ1) is 10.8. The molecule has 0 atom stereocenters. The summed E-state index contributed by atoms with van der Waals surface area (Å²) in [5, 5.41) is 4.08. The summed E-state index contributed by atoms with van der Waals surface area (Å²) in [4.78, 5) is 13.1. The largest absolute Gasteiger partial charge is 0.480 e. The van der Waals surface area contributed by atoms with Crippen LogP contribution in [0.5, 0.6) is 5.75 Å². The van der Waals surface area contributed by atoms with Gasteiger partial charge in [0.25, 0.3) is 0 Å². The third-order valence-corrected chi connectivity index (χ3v) is 4.12. The van der Waals surface area contributed by atoms with Gasteiger partial charge in [-0.25, -0.2) is 10.3 Å². The van der Waals surface area contributed by atoms with Gasteiger partial charge in [0.2, 0.25) is 0 Å². The predicted octanol–water partition coefficient (Wildman–Crippen LogP) is 1.24. The highest BCUT2D eigenvalue weighted by Gasteiger charge is 2.20. The molecule has 1 aromatic heterocycles. The number of carbonyl (C=O) groups is 1. The van der Waals surface area contributed by atoms with Gasteiger partial charge in [0.05, 0.1) is 7.11 Å². The molecule has 0 unspecified atom stereocenters. The van der Waals surface area contributed by atoms with Crippen molar-refractivity contribution in [2.45, 2.75) is 0 Å². The van der Waals surface area contributed by atoms with Gasteiger partial charge in [0, 0.05) is 4.88 Å². The maximum Gasteiger partial charge on any atom is 0.343 e. The molecule has 3 N–H and O–H groups in total. The van der Waals surface area contributed by atoms with Crippen molar-refractivity contribution in [2.75, 3.05) is 13.7 Å². The van der Waals surface area contributed by atoms with Crippen molar-refractivity contribution in [1.82, 2.24) is 16.5 Å². The van der Waals surface area contributed by atoms with E-state index in [9.17, 15) is 4.79 Å². The van der Waals surface area contributed by atoms with Crippen LogP contribution in [0, 0.1) is 0 Å². The van der Waals surface area contributed by atoms with Crippen molar-refractivity contribution in [3.63, 3.8) is 0 Å². The third kappa shape index (κ3) is 3.02. The minimum atomic E-state index is -0.434. The minimum Gasteiger partial charge on any atom is -0.480 e. The van der Waals surface area contributed by atoms with Gasteiger partial charge in [-0.1, -0.05) is 30.3 Å². The number of hydrazine groups is 2. The molecule has 2 heterocycles. The zero-order valence-corrected chi connectivity index (χ0v) is 12.6. The van der Waals surface area contributed by atoms with E-state index in [4.69, 9.17) is 4.74 Å². The summed E-state index contributed by atoms with van der Waals surface area (Å²) in [6.45, 7) is -0.150. The highest BCUT2D eigenvalue weighted by Crippen LogP contribution is 2.36. The number of amidine groups is 1. The first-order valence-corrected chi connectivity index (χ1v) is 7.32. The Hall–Kier alpha value is -2.58. The monoisotopic (exact) mass is 318 g/mol. The van der Waals surface area contributed by atoms with Gasteiger partial charge in [0.1, 0.15) is 10.6 Å². The number of ether oxygens (including phenoxy) is 2. The van der Waals surface area contributed by atoms with Crippen molar-refractivity contribution >= 4 is 23.1 Å². The molecule has 3 rings (SSSR count). The summed E-state index contributed by atoms with van der Waals surface area (Å²) in [5.74, 6) is 0.744. The predicted molar refractivity (Wildman–Crippen MR) is 83.2 cm³/mol. The molecular formula is C14H14N4O3S. The molecule has 0 fully saturated rings. The smallest absolute Gasteiger partial charge is 0.343 e. The molecule has 0 saturated carbocycles. The molecule has 114 valence electrons. The maximum absolute atomic E-state index is 11.3. The maximum atomic E-state index is 11.3. The standard InChI is InChI=1S/C14H14N4O3S/c1-20-12(19)8-21-10-7-11(9-5-3-2-4-6-9)22-13(10)14-15-17-18-16-14/h2-7,17-18H,8H2,1H3,(H,15,16). The zero-order valence-electron chi connectivity index (χ0n) is 11.8. The van der Waals surface area contributed by atoms with E-state index in [1.807, 2.05) is 36.4 Å². The second-order valence-electron chi connectivity index (χ2n) is 4.36. The molecule has 1 aliphatic rings. The SMILES string of the molecule is COC(=O)COc1cc(-c2ccccc2)sc1C1=NNNN1. The summed E-state index contributed by atoms with van der Waals surface area (Å²) < 4.78 is 10.2. The number of hydrazone groups is 1. The van der Waals surface area contributed by atoms with Gasteiger partial charge >= 0.3 is 5.97 Å². The molecule has 0 spiro atoms. The third-order valence-electron chi connectivity index (χ3n) is 2.95. The van der Waals surface area contributed by atoms with Gasteiger partial charge in [-0.05, 0) is 11.6 Å². The lowest BCUT2D eigenvalue weighted by molar-refractivity contribution is -0.142. The topological polar surface area (TPSA) is 84.0 Å². The first-order valence-electron chi connectivity index (χ1n) is 6.51. The van der Waals surface area contributed by atoms with Crippen molar-refractivity contribution in [1.29, 1.82) is 0 Å². The van der Waals surface area contributed by atoms with Gasteiger partial charge in [-0.15, -0.1) is 22.0 Å². The minimum absolute atomic E-state index is 0.150. The molecule has 0 amide bonds. The molecule has 22 heavy (non-hydrogen) atoms. The second-order valence-corrected chi connectivity index (χ2v) is 5.41. The van der Waals surface area contributed by atoms with Crippen LogP contribution < -0.4 is 21.2 Å². The van der Waals surface area contributed by atoms with Crippen LogP contribution in [-0.4, -0.2) is 25.5 Å². The number of nitrogens with one attached hydrogen (secondary N) is 3. The lowest BCUT2D eigenvalue weighted by Crippen LogP contribution is -2.35. The molecule has 7 nitrogen and oxygen atoms in total. The Morgan fingerprint density at radius 3 is 2.82 bits per heavy atom. The summed E-state index contributed by atoms with van der Waals surface area (Å²) in [6.07, 6.45) is 0. The van der Waals surface area contributed by atoms with E-state index in [0.717, 1.165) is 15.3 Å². The summed E-state index contributed by atoms with van der Waals surface area (Å²) in [5.41, 5.74) is 9.24. The number of benzene rings is 1. The number of rotatable bonds is 5. The van der Waals surface area contributed by atoms with Crippen molar-refractivity contribution in [3.05, 3.63) is 41.3 Å². The van der Waals surface area contributed by atoms with Crippen LogP contribution in [0.25, 0.3) is 10.4 Å². The molecular weight excluding hydrogens is 304 g/mol. The Kier molecular flexibility index (Phi) is 4.22. The summed E-state index contributed by atoms with van der Waals surface area (Å²) in [6, 6.07) is 11.8. The molecule has 1 aliphatic heterocycles. The van der Waals surface area contributed by atoms with Gasteiger partial charge in [-0.3, -0.25) is 5.43 Å². The summed E-state index contributed by atoms with van der Waals surface area (Å²) >= 11 is 1.52. The Morgan fingerprint density at radius 2 is 2.14 bits per heavy atom. The molecule has 0 bridgehead atoms. The van der Waals surface area contributed by atoms with Gasteiger partial charge in [-0.2, -0.15) is 0 Å². The van der Waals surface area contributed by atoms with E-state index < -0.39 is 5.97 Å². The Labute approximate surface area is 130 Å². The van der Waals surface area contributed by atoms with Crippen LogP contribution in [-0.2, 0) is 9.53 Å². The van der Waals surface area contributed by atoms with Crippen LogP contribution >= 0.6 is 11.3 Å². The number of esters is 1. The number of hydrogen-bond acceptors (Lipinski definition) is 8. The average Bonchev–Trinajstić information content (AvgIpc) is 3.22. The van der Waals surface area contributed by atoms with Crippen LogP contribution in [0.2, 0.25) is 0 Å². The normalized spacial score (nSPS) is 13.0. The Morgan fingerprint density at radius 1 is 1.32 bits per heavy atom. The van der Waals surface area contributed by atoms with E-state index in [0.29, 0.717) is 11.6 Å². The van der Waals surface area contributed by atoms with Crippen molar-refractivity contribution in [2.24, 2.45) is 5.10 Å². The number of methoxy groups -OCH3 is 1.